The van der Waals surface area contributed by atoms with Crippen LogP contribution in [0.5, 0.6) is 17.2 Å². The fraction of sp³-hybridized carbons (Fsp3) is 0.316. The minimum atomic E-state index is 0.00428. The molecule has 0 aromatic heterocycles. The van der Waals surface area contributed by atoms with Crippen molar-refractivity contribution < 1.29 is 14.3 Å². The lowest BCUT2D eigenvalue weighted by molar-refractivity contribution is 0.0896. The lowest BCUT2D eigenvalue weighted by Crippen LogP contribution is -2.34. The molecule has 1 aliphatic rings. The van der Waals surface area contributed by atoms with Gasteiger partial charge in [-0.3, -0.25) is 4.79 Å². The van der Waals surface area contributed by atoms with Gasteiger partial charge in [0.2, 0.25) is 0 Å². The van der Waals surface area contributed by atoms with Gasteiger partial charge in [0.05, 0.1) is 12.7 Å². The van der Waals surface area contributed by atoms with Crippen molar-refractivity contribution in [1.29, 1.82) is 0 Å². The molecule has 23 heavy (non-hydrogen) atoms. The average Bonchev–Trinajstić information content (AvgIpc) is 2.62. The second-order valence-electron chi connectivity index (χ2n) is 5.68. The molecule has 0 bridgehead atoms. The summed E-state index contributed by atoms with van der Waals surface area (Å²) in [5.41, 5.74) is 0.592. The second-order valence-corrected chi connectivity index (χ2v) is 5.68. The van der Waals surface area contributed by atoms with Crippen LogP contribution in [0.25, 0.3) is 0 Å². The first-order valence-corrected chi connectivity index (χ1v) is 7.94. The maximum atomic E-state index is 12.8. The van der Waals surface area contributed by atoms with Crippen molar-refractivity contribution in [1.82, 2.24) is 5.32 Å². The number of hydrogen-bond acceptors (Lipinski definition) is 4. The zero-order chi connectivity index (χ0) is 16.1. The number of ketones is 1. The molecule has 1 heterocycles. The van der Waals surface area contributed by atoms with Gasteiger partial charge in [0.25, 0.3) is 0 Å². The van der Waals surface area contributed by atoms with Crippen LogP contribution in [0.2, 0.25) is 0 Å². The summed E-state index contributed by atoms with van der Waals surface area (Å²) in [5.74, 6) is 2.11. The van der Waals surface area contributed by atoms with Crippen molar-refractivity contribution in [2.75, 3.05) is 20.2 Å². The molecule has 0 amide bonds. The number of hydrogen-bond donors (Lipinski definition) is 1. The molecule has 4 heteroatoms. The minimum Gasteiger partial charge on any atom is -0.496 e. The molecule has 0 spiro atoms. The third kappa shape index (κ3) is 3.71. The molecule has 0 radical (unpaired) electrons. The van der Waals surface area contributed by atoms with Gasteiger partial charge in [0, 0.05) is 12.5 Å². The quantitative estimate of drug-likeness (QED) is 0.856. The molecule has 2 aromatic carbocycles. The molecule has 1 fully saturated rings. The molecule has 1 aliphatic heterocycles. The predicted octanol–water partition coefficient (Wildman–Crippen LogP) is 3.67. The number of benzene rings is 2. The Morgan fingerprint density at radius 2 is 1.96 bits per heavy atom. The lowest BCUT2D eigenvalue weighted by atomic mass is 9.90. The Labute approximate surface area is 136 Å². The highest BCUT2D eigenvalue weighted by Gasteiger charge is 2.25. The first-order valence-electron chi connectivity index (χ1n) is 7.94. The van der Waals surface area contributed by atoms with Crippen LogP contribution in [0.15, 0.2) is 48.5 Å². The van der Waals surface area contributed by atoms with Crippen molar-refractivity contribution in [3.8, 4) is 17.2 Å². The average molecular weight is 311 g/mol. The number of nitrogens with one attached hydrogen (secondary N) is 1. The van der Waals surface area contributed by atoms with Crippen LogP contribution in [0.3, 0.4) is 0 Å². The normalized spacial score (nSPS) is 17.5. The van der Waals surface area contributed by atoms with Gasteiger partial charge >= 0.3 is 0 Å². The monoisotopic (exact) mass is 311 g/mol. The van der Waals surface area contributed by atoms with Gasteiger partial charge in [0.1, 0.15) is 17.2 Å². The number of methoxy groups -OCH3 is 1. The van der Waals surface area contributed by atoms with E-state index in [1.807, 2.05) is 36.4 Å². The summed E-state index contributed by atoms with van der Waals surface area (Å²) in [6, 6.07) is 14.9. The topological polar surface area (TPSA) is 47.6 Å². The second kappa shape index (κ2) is 7.29. The molecule has 0 saturated carbocycles. The molecule has 1 N–H and O–H groups in total. The number of piperidine rings is 1. The van der Waals surface area contributed by atoms with Crippen LogP contribution in [-0.4, -0.2) is 26.0 Å². The van der Waals surface area contributed by atoms with Crippen molar-refractivity contribution in [3.05, 3.63) is 54.1 Å². The van der Waals surface area contributed by atoms with E-state index >= 15 is 0 Å². The number of rotatable bonds is 5. The van der Waals surface area contributed by atoms with E-state index < -0.39 is 0 Å². The molecule has 2 aromatic rings. The van der Waals surface area contributed by atoms with Crippen molar-refractivity contribution >= 4 is 5.78 Å². The fourth-order valence-corrected chi connectivity index (χ4v) is 2.86. The standard InChI is InChI=1S/C19H21NO3/c1-22-18-10-9-16(23-15-7-3-2-4-8-15)12-17(18)19(21)14-6-5-11-20-13-14/h2-4,7-10,12,14,20H,5-6,11,13H2,1H3. The van der Waals surface area contributed by atoms with Gasteiger partial charge in [0.15, 0.2) is 5.78 Å². The first kappa shape index (κ1) is 15.6. The SMILES string of the molecule is COc1ccc(Oc2ccccc2)cc1C(=O)C1CCCNC1. The maximum Gasteiger partial charge on any atom is 0.171 e. The maximum absolute atomic E-state index is 12.8. The molecule has 4 nitrogen and oxygen atoms in total. The van der Waals surface area contributed by atoms with Crippen LogP contribution < -0.4 is 14.8 Å². The molecule has 0 aliphatic carbocycles. The van der Waals surface area contributed by atoms with E-state index in [2.05, 4.69) is 5.32 Å². The Morgan fingerprint density at radius 1 is 1.13 bits per heavy atom. The van der Waals surface area contributed by atoms with E-state index in [0.717, 1.165) is 31.7 Å². The zero-order valence-corrected chi connectivity index (χ0v) is 13.2. The molecule has 3 rings (SSSR count). The van der Waals surface area contributed by atoms with Gasteiger partial charge in [-0.25, -0.2) is 0 Å². The van der Waals surface area contributed by atoms with Gasteiger partial charge in [-0.05, 0) is 49.7 Å². The highest BCUT2D eigenvalue weighted by molar-refractivity contribution is 6.00. The predicted molar refractivity (Wildman–Crippen MR) is 89.4 cm³/mol. The lowest BCUT2D eigenvalue weighted by Gasteiger charge is -2.22. The van der Waals surface area contributed by atoms with Gasteiger partial charge in [-0.1, -0.05) is 18.2 Å². The largest absolute Gasteiger partial charge is 0.496 e. The molecule has 1 unspecified atom stereocenters. The minimum absolute atomic E-state index is 0.00428. The number of carbonyl (C=O) groups is 1. The summed E-state index contributed by atoms with van der Waals surface area (Å²) in [7, 11) is 1.59. The molecular formula is C19H21NO3. The molecular weight excluding hydrogens is 290 g/mol. The molecule has 120 valence electrons. The summed E-state index contributed by atoms with van der Waals surface area (Å²) in [4.78, 5) is 12.8. The van der Waals surface area contributed by atoms with Crippen LogP contribution in [0.4, 0.5) is 0 Å². The highest BCUT2D eigenvalue weighted by atomic mass is 16.5. The number of Topliss-reactive ketones (excluding diaryl/α,β-unsaturated/α-hetero) is 1. The highest BCUT2D eigenvalue weighted by Crippen LogP contribution is 2.30. The third-order valence-corrected chi connectivity index (χ3v) is 4.08. The number of para-hydroxylation sites is 1. The van der Waals surface area contributed by atoms with Crippen LogP contribution in [0.1, 0.15) is 23.2 Å². The Kier molecular flexibility index (Phi) is 4.93. The zero-order valence-electron chi connectivity index (χ0n) is 13.2. The molecule has 1 atom stereocenters. The first-order chi connectivity index (χ1) is 11.3. The van der Waals surface area contributed by atoms with E-state index in [-0.39, 0.29) is 11.7 Å². The Hall–Kier alpha value is -2.33. The third-order valence-electron chi connectivity index (χ3n) is 4.08. The van der Waals surface area contributed by atoms with Crippen LogP contribution in [0, 0.1) is 5.92 Å². The Balaban J connectivity index is 1.85. The van der Waals surface area contributed by atoms with E-state index in [1.165, 1.54) is 0 Å². The number of carbonyl (C=O) groups excluding carboxylic acids is 1. The summed E-state index contributed by atoms with van der Waals surface area (Å²) < 4.78 is 11.2. The van der Waals surface area contributed by atoms with Crippen LogP contribution in [-0.2, 0) is 0 Å². The Morgan fingerprint density at radius 3 is 2.65 bits per heavy atom. The van der Waals surface area contributed by atoms with Gasteiger partial charge < -0.3 is 14.8 Å². The van der Waals surface area contributed by atoms with Crippen molar-refractivity contribution in [2.45, 2.75) is 12.8 Å². The summed E-state index contributed by atoms with van der Waals surface area (Å²) >= 11 is 0. The fourth-order valence-electron chi connectivity index (χ4n) is 2.86. The van der Waals surface area contributed by atoms with E-state index in [1.54, 1.807) is 19.2 Å². The van der Waals surface area contributed by atoms with Crippen molar-refractivity contribution in [3.63, 3.8) is 0 Å². The summed E-state index contributed by atoms with van der Waals surface area (Å²) in [6.07, 6.45) is 1.94. The molecule has 1 saturated heterocycles. The summed E-state index contributed by atoms with van der Waals surface area (Å²) in [5, 5.41) is 3.28. The van der Waals surface area contributed by atoms with Crippen molar-refractivity contribution in [2.24, 2.45) is 5.92 Å². The van der Waals surface area contributed by atoms with E-state index in [0.29, 0.717) is 17.1 Å². The smallest absolute Gasteiger partial charge is 0.171 e. The van der Waals surface area contributed by atoms with Gasteiger partial charge in [-0.15, -0.1) is 0 Å². The Bertz CT molecular complexity index is 664. The van der Waals surface area contributed by atoms with Gasteiger partial charge in [-0.2, -0.15) is 0 Å². The van der Waals surface area contributed by atoms with E-state index in [9.17, 15) is 4.79 Å². The van der Waals surface area contributed by atoms with Crippen LogP contribution >= 0.6 is 0 Å². The van der Waals surface area contributed by atoms with E-state index in [4.69, 9.17) is 9.47 Å². The number of ether oxygens (including phenoxy) is 2. The summed E-state index contributed by atoms with van der Waals surface area (Å²) in [6.45, 7) is 1.71.